The number of fused-ring (bicyclic) bond motifs is 1. The van der Waals surface area contributed by atoms with Gasteiger partial charge in [-0.1, -0.05) is 6.07 Å². The van der Waals surface area contributed by atoms with Crippen LogP contribution < -0.4 is 9.47 Å². The van der Waals surface area contributed by atoms with Crippen molar-refractivity contribution in [3.63, 3.8) is 0 Å². The summed E-state index contributed by atoms with van der Waals surface area (Å²) in [7, 11) is 1.65. The van der Waals surface area contributed by atoms with Crippen LogP contribution in [0.1, 0.15) is 31.2 Å². The highest BCUT2D eigenvalue weighted by Gasteiger charge is 2.20. The van der Waals surface area contributed by atoms with E-state index >= 15 is 0 Å². The van der Waals surface area contributed by atoms with Crippen LogP contribution in [0.2, 0.25) is 0 Å². The number of aromatic hydroxyl groups is 1. The molecular weight excluding hydrogens is 320 g/mol. The Morgan fingerprint density at radius 2 is 2.00 bits per heavy atom. The number of methoxy groups -OCH3 is 1. The summed E-state index contributed by atoms with van der Waals surface area (Å²) in [6, 6.07) is 5.91. The SMILES string of the molecule is COc1ccc(Cn2cnc(O)c3ncnc2-3)cc1OC1CCCC1. The highest BCUT2D eigenvalue weighted by Crippen LogP contribution is 2.33. The fraction of sp³-hybridized carbons (Fsp3) is 0.389. The number of rotatable bonds is 5. The van der Waals surface area contributed by atoms with Crippen molar-refractivity contribution in [3.05, 3.63) is 36.4 Å². The molecule has 0 aromatic heterocycles. The van der Waals surface area contributed by atoms with Crippen molar-refractivity contribution in [3.8, 4) is 28.9 Å². The normalized spacial score (nSPS) is 14.9. The topological polar surface area (TPSA) is 82.3 Å². The van der Waals surface area contributed by atoms with Gasteiger partial charge in [0.2, 0.25) is 5.88 Å². The predicted octanol–water partition coefficient (Wildman–Crippen LogP) is 2.86. The van der Waals surface area contributed by atoms with Crippen LogP contribution in [0, 0.1) is 0 Å². The third-order valence-corrected chi connectivity index (χ3v) is 4.56. The molecule has 1 aromatic carbocycles. The first-order chi connectivity index (χ1) is 12.2. The molecule has 2 aliphatic heterocycles. The molecule has 4 rings (SSSR count). The van der Waals surface area contributed by atoms with Gasteiger partial charge < -0.3 is 19.1 Å². The lowest BCUT2D eigenvalue weighted by Crippen LogP contribution is -2.12. The molecule has 0 atom stereocenters. The van der Waals surface area contributed by atoms with E-state index < -0.39 is 0 Å². The van der Waals surface area contributed by atoms with E-state index in [1.54, 1.807) is 13.4 Å². The van der Waals surface area contributed by atoms with Crippen LogP contribution in [0.25, 0.3) is 11.5 Å². The van der Waals surface area contributed by atoms with Gasteiger partial charge in [-0.15, -0.1) is 0 Å². The molecule has 0 bridgehead atoms. The van der Waals surface area contributed by atoms with E-state index in [0.717, 1.165) is 29.9 Å². The molecule has 7 nitrogen and oxygen atoms in total. The van der Waals surface area contributed by atoms with Crippen LogP contribution in [0.5, 0.6) is 17.4 Å². The Kier molecular flexibility index (Phi) is 4.13. The van der Waals surface area contributed by atoms with E-state index in [0.29, 0.717) is 18.1 Å². The molecule has 0 spiro atoms. The Morgan fingerprint density at radius 3 is 2.80 bits per heavy atom. The van der Waals surface area contributed by atoms with E-state index in [2.05, 4.69) is 15.0 Å². The van der Waals surface area contributed by atoms with Crippen molar-refractivity contribution in [2.24, 2.45) is 0 Å². The van der Waals surface area contributed by atoms with Crippen molar-refractivity contribution in [1.29, 1.82) is 0 Å². The molecule has 0 unspecified atom stereocenters. The van der Waals surface area contributed by atoms with Crippen molar-refractivity contribution in [2.75, 3.05) is 7.11 Å². The Labute approximate surface area is 145 Å². The lowest BCUT2D eigenvalue weighted by Gasteiger charge is -2.17. The minimum absolute atomic E-state index is 0.108. The van der Waals surface area contributed by atoms with E-state index in [1.807, 2.05) is 22.8 Å². The highest BCUT2D eigenvalue weighted by atomic mass is 16.5. The van der Waals surface area contributed by atoms with Crippen LogP contribution in [-0.4, -0.2) is 37.8 Å². The van der Waals surface area contributed by atoms with Gasteiger partial charge in [-0.3, -0.25) is 0 Å². The van der Waals surface area contributed by atoms with Crippen molar-refractivity contribution >= 4 is 0 Å². The smallest absolute Gasteiger partial charge is 0.242 e. The maximum Gasteiger partial charge on any atom is 0.242 e. The molecule has 1 aromatic rings. The summed E-state index contributed by atoms with van der Waals surface area (Å²) in [5, 5.41) is 9.76. The summed E-state index contributed by atoms with van der Waals surface area (Å²) in [6.45, 7) is 0.549. The van der Waals surface area contributed by atoms with Crippen LogP contribution in [0.3, 0.4) is 0 Å². The first-order valence-electron chi connectivity index (χ1n) is 8.43. The Hall–Kier alpha value is -2.83. The molecule has 1 saturated carbocycles. The van der Waals surface area contributed by atoms with Gasteiger partial charge in [0.05, 0.1) is 19.8 Å². The Balaban J connectivity index is 1.61. The third-order valence-electron chi connectivity index (χ3n) is 4.56. The molecule has 1 N–H and O–H groups in total. The first kappa shape index (κ1) is 15.7. The lowest BCUT2D eigenvalue weighted by molar-refractivity contribution is 0.200. The molecule has 0 saturated heterocycles. The zero-order valence-corrected chi connectivity index (χ0v) is 14.1. The number of hydrogen-bond acceptors (Lipinski definition) is 6. The van der Waals surface area contributed by atoms with Gasteiger partial charge in [-0.25, -0.2) is 15.0 Å². The number of aromatic nitrogens is 4. The van der Waals surface area contributed by atoms with Crippen molar-refractivity contribution in [2.45, 2.75) is 38.3 Å². The van der Waals surface area contributed by atoms with E-state index in [4.69, 9.17) is 9.47 Å². The summed E-state index contributed by atoms with van der Waals surface area (Å²) in [6.07, 6.45) is 7.87. The molecule has 3 aliphatic rings. The predicted molar refractivity (Wildman–Crippen MR) is 91.1 cm³/mol. The number of benzene rings is 1. The second kappa shape index (κ2) is 6.58. The van der Waals surface area contributed by atoms with Gasteiger partial charge >= 0.3 is 0 Å². The minimum Gasteiger partial charge on any atom is -0.493 e. The van der Waals surface area contributed by atoms with Gasteiger partial charge in [0.1, 0.15) is 12.7 Å². The standard InChI is InChI=1S/C18H20N4O3/c1-24-14-7-6-12(8-15(14)25-13-4-2-3-5-13)9-22-11-21-18(23)16-17(22)20-10-19-16/h6-8,10-11,13,23H,2-5,9H2,1H3. The van der Waals surface area contributed by atoms with E-state index in [-0.39, 0.29) is 12.0 Å². The van der Waals surface area contributed by atoms with Gasteiger partial charge in [0, 0.05) is 0 Å². The highest BCUT2D eigenvalue weighted by molar-refractivity contribution is 5.57. The number of hydrogen-bond donors (Lipinski definition) is 1. The molecule has 0 amide bonds. The minimum atomic E-state index is -0.108. The van der Waals surface area contributed by atoms with Crippen molar-refractivity contribution in [1.82, 2.24) is 19.5 Å². The summed E-state index contributed by atoms with van der Waals surface area (Å²) >= 11 is 0. The van der Waals surface area contributed by atoms with Gasteiger partial charge in [0.15, 0.2) is 23.0 Å². The third kappa shape index (κ3) is 3.09. The van der Waals surface area contributed by atoms with Gasteiger partial charge in [-0.2, -0.15) is 0 Å². The van der Waals surface area contributed by atoms with Gasteiger partial charge in [0.25, 0.3) is 0 Å². The fourth-order valence-corrected chi connectivity index (χ4v) is 3.28. The lowest BCUT2D eigenvalue weighted by atomic mass is 10.2. The average Bonchev–Trinajstić information content (AvgIpc) is 3.30. The monoisotopic (exact) mass is 340 g/mol. The maximum atomic E-state index is 9.76. The number of imidazole rings is 1. The Morgan fingerprint density at radius 1 is 1.16 bits per heavy atom. The second-order valence-corrected chi connectivity index (χ2v) is 6.25. The summed E-state index contributed by atoms with van der Waals surface area (Å²) in [4.78, 5) is 12.2. The zero-order chi connectivity index (χ0) is 17.2. The number of nitrogens with zero attached hydrogens (tertiary/aromatic N) is 4. The largest absolute Gasteiger partial charge is 0.493 e. The zero-order valence-electron chi connectivity index (χ0n) is 14.1. The van der Waals surface area contributed by atoms with Crippen LogP contribution >= 0.6 is 0 Å². The second-order valence-electron chi connectivity index (χ2n) is 6.25. The molecule has 1 aliphatic carbocycles. The maximum absolute atomic E-state index is 9.76. The number of ether oxygens (including phenoxy) is 2. The first-order valence-corrected chi connectivity index (χ1v) is 8.43. The molecule has 1 fully saturated rings. The fourth-order valence-electron chi connectivity index (χ4n) is 3.28. The summed E-state index contributed by atoms with van der Waals surface area (Å²) in [5.41, 5.74) is 1.44. The van der Waals surface area contributed by atoms with Crippen LogP contribution in [-0.2, 0) is 6.54 Å². The Bertz CT molecular complexity index is 842. The summed E-state index contributed by atoms with van der Waals surface area (Å²) in [5.74, 6) is 2.00. The average molecular weight is 340 g/mol. The van der Waals surface area contributed by atoms with E-state index in [9.17, 15) is 5.11 Å². The quantitative estimate of drug-likeness (QED) is 0.769. The molecule has 0 radical (unpaired) electrons. The molecule has 130 valence electrons. The summed E-state index contributed by atoms with van der Waals surface area (Å²) < 4.78 is 13.4. The molecule has 25 heavy (non-hydrogen) atoms. The van der Waals surface area contributed by atoms with E-state index in [1.165, 1.54) is 19.2 Å². The van der Waals surface area contributed by atoms with Crippen LogP contribution in [0.15, 0.2) is 30.9 Å². The molecule has 7 heteroatoms. The molecule has 2 heterocycles. The van der Waals surface area contributed by atoms with Gasteiger partial charge in [-0.05, 0) is 43.4 Å². The molecular formula is C18H20N4O3. The van der Waals surface area contributed by atoms with Crippen LogP contribution in [0.4, 0.5) is 0 Å². The van der Waals surface area contributed by atoms with Crippen molar-refractivity contribution < 1.29 is 14.6 Å².